The zero-order valence-corrected chi connectivity index (χ0v) is 10.9. The summed E-state index contributed by atoms with van der Waals surface area (Å²) in [7, 11) is 1.08. The first-order valence-corrected chi connectivity index (χ1v) is 6.21. The summed E-state index contributed by atoms with van der Waals surface area (Å²) in [5.41, 5.74) is 3.29. The molecular formula is C14H12BN3O2. The Bertz CT molecular complexity index is 682. The van der Waals surface area contributed by atoms with Crippen molar-refractivity contribution in [1.29, 1.82) is 5.26 Å². The minimum Gasteiger partial charge on any atom is -0.423 e. The van der Waals surface area contributed by atoms with Gasteiger partial charge in [0.05, 0.1) is 12.2 Å². The third-order valence-electron chi connectivity index (χ3n) is 3.40. The lowest BCUT2D eigenvalue weighted by Gasteiger charge is -2.19. The number of pyridine rings is 1. The van der Waals surface area contributed by atoms with Crippen LogP contribution in [-0.4, -0.2) is 24.2 Å². The molecule has 98 valence electrons. The van der Waals surface area contributed by atoms with Gasteiger partial charge in [0.1, 0.15) is 11.9 Å². The van der Waals surface area contributed by atoms with Gasteiger partial charge >= 0.3 is 7.12 Å². The SMILES string of the molecule is CN(c1ccc2c(c1)COB2O)c1ccc(C#N)cn1. The van der Waals surface area contributed by atoms with Crippen LogP contribution in [0.1, 0.15) is 11.1 Å². The summed E-state index contributed by atoms with van der Waals surface area (Å²) in [5, 5.41) is 18.4. The molecule has 6 heteroatoms. The number of hydrogen-bond acceptors (Lipinski definition) is 5. The summed E-state index contributed by atoms with van der Waals surface area (Å²) in [6, 6.07) is 11.3. The number of nitriles is 1. The first-order valence-electron chi connectivity index (χ1n) is 6.21. The molecule has 0 unspecified atom stereocenters. The molecule has 0 bridgehead atoms. The molecule has 0 amide bonds. The smallest absolute Gasteiger partial charge is 0.423 e. The molecule has 0 saturated heterocycles. The van der Waals surface area contributed by atoms with Crippen LogP contribution in [0.3, 0.4) is 0 Å². The Balaban J connectivity index is 1.90. The van der Waals surface area contributed by atoms with Crippen molar-refractivity contribution in [3.63, 3.8) is 0 Å². The number of nitrogens with zero attached hydrogens (tertiary/aromatic N) is 3. The molecule has 0 spiro atoms. The van der Waals surface area contributed by atoms with Gasteiger partial charge in [0, 0.05) is 18.9 Å². The largest absolute Gasteiger partial charge is 0.491 e. The van der Waals surface area contributed by atoms with Gasteiger partial charge in [-0.25, -0.2) is 4.98 Å². The molecule has 1 aliphatic heterocycles. The highest BCUT2D eigenvalue weighted by molar-refractivity contribution is 6.61. The van der Waals surface area contributed by atoms with Crippen LogP contribution in [0.2, 0.25) is 0 Å². The maximum atomic E-state index is 9.61. The van der Waals surface area contributed by atoms with E-state index in [0.717, 1.165) is 22.5 Å². The molecular weight excluding hydrogens is 253 g/mol. The van der Waals surface area contributed by atoms with Crippen molar-refractivity contribution in [2.45, 2.75) is 6.61 Å². The van der Waals surface area contributed by atoms with Crippen molar-refractivity contribution in [3.05, 3.63) is 47.7 Å². The molecule has 0 fully saturated rings. The lowest BCUT2D eigenvalue weighted by atomic mass is 9.79. The molecule has 3 rings (SSSR count). The molecule has 1 N–H and O–H groups in total. The standard InChI is InChI=1S/C14H12BN3O2/c1-18(14-5-2-10(7-16)8-17-14)12-3-4-13-11(6-12)9-20-15(13)19/h2-6,8,19H,9H2,1H3. The quantitative estimate of drug-likeness (QED) is 0.818. The summed E-state index contributed by atoms with van der Waals surface area (Å²) >= 11 is 0. The van der Waals surface area contributed by atoms with Gasteiger partial charge in [-0.05, 0) is 35.3 Å². The van der Waals surface area contributed by atoms with Crippen LogP contribution in [0.25, 0.3) is 0 Å². The van der Waals surface area contributed by atoms with E-state index < -0.39 is 7.12 Å². The van der Waals surface area contributed by atoms with Crippen LogP contribution in [0, 0.1) is 11.3 Å². The molecule has 0 atom stereocenters. The highest BCUT2D eigenvalue weighted by Gasteiger charge is 2.27. The van der Waals surface area contributed by atoms with Gasteiger partial charge in [-0.15, -0.1) is 0 Å². The van der Waals surface area contributed by atoms with Gasteiger partial charge in [-0.1, -0.05) is 6.07 Å². The molecule has 0 aliphatic carbocycles. The Labute approximate surface area is 117 Å². The topological polar surface area (TPSA) is 69.4 Å². The highest BCUT2D eigenvalue weighted by Crippen LogP contribution is 2.23. The molecule has 2 aromatic rings. The molecule has 5 nitrogen and oxygen atoms in total. The molecule has 1 aliphatic rings. The zero-order valence-electron chi connectivity index (χ0n) is 10.9. The van der Waals surface area contributed by atoms with Gasteiger partial charge in [0.2, 0.25) is 0 Å². The Kier molecular flexibility index (Phi) is 3.14. The number of hydrogen-bond donors (Lipinski definition) is 1. The third kappa shape index (κ3) is 2.13. The average molecular weight is 265 g/mol. The normalized spacial score (nSPS) is 12.9. The fourth-order valence-electron chi connectivity index (χ4n) is 2.21. The van der Waals surface area contributed by atoms with Crippen molar-refractivity contribution in [3.8, 4) is 6.07 Å². The zero-order chi connectivity index (χ0) is 14.1. The summed E-state index contributed by atoms with van der Waals surface area (Å²) in [4.78, 5) is 6.18. The van der Waals surface area contributed by atoms with E-state index in [1.54, 1.807) is 18.3 Å². The van der Waals surface area contributed by atoms with Crippen molar-refractivity contribution < 1.29 is 9.68 Å². The van der Waals surface area contributed by atoms with E-state index >= 15 is 0 Å². The Morgan fingerprint density at radius 2 is 2.25 bits per heavy atom. The van der Waals surface area contributed by atoms with Crippen LogP contribution in [0.4, 0.5) is 11.5 Å². The maximum Gasteiger partial charge on any atom is 0.491 e. The fourth-order valence-corrected chi connectivity index (χ4v) is 2.21. The van der Waals surface area contributed by atoms with Crippen molar-refractivity contribution in [1.82, 2.24) is 4.98 Å². The fraction of sp³-hybridized carbons (Fsp3) is 0.143. The number of anilines is 2. The number of benzene rings is 1. The monoisotopic (exact) mass is 265 g/mol. The molecule has 0 radical (unpaired) electrons. The second-order valence-electron chi connectivity index (χ2n) is 4.62. The molecule has 1 aromatic carbocycles. The van der Waals surface area contributed by atoms with Gasteiger partial charge < -0.3 is 14.6 Å². The van der Waals surface area contributed by atoms with Gasteiger partial charge in [0.25, 0.3) is 0 Å². The van der Waals surface area contributed by atoms with Crippen LogP contribution < -0.4 is 10.4 Å². The highest BCUT2D eigenvalue weighted by atomic mass is 16.5. The number of rotatable bonds is 2. The summed E-state index contributed by atoms with van der Waals surface area (Å²) in [6.45, 7) is 0.416. The number of aromatic nitrogens is 1. The van der Waals surface area contributed by atoms with E-state index in [1.807, 2.05) is 36.2 Å². The van der Waals surface area contributed by atoms with E-state index in [2.05, 4.69) is 4.98 Å². The summed E-state index contributed by atoms with van der Waals surface area (Å²) in [5.74, 6) is 0.753. The molecule has 2 heterocycles. The Morgan fingerprint density at radius 1 is 1.40 bits per heavy atom. The third-order valence-corrected chi connectivity index (χ3v) is 3.40. The summed E-state index contributed by atoms with van der Waals surface area (Å²) in [6.07, 6.45) is 1.55. The van der Waals surface area contributed by atoms with Crippen molar-refractivity contribution >= 4 is 24.1 Å². The van der Waals surface area contributed by atoms with Crippen molar-refractivity contribution in [2.75, 3.05) is 11.9 Å². The maximum absolute atomic E-state index is 9.61. The lowest BCUT2D eigenvalue weighted by molar-refractivity contribution is 0.275. The van der Waals surface area contributed by atoms with Crippen molar-refractivity contribution in [2.24, 2.45) is 0 Å². The van der Waals surface area contributed by atoms with Gasteiger partial charge in [0.15, 0.2) is 0 Å². The van der Waals surface area contributed by atoms with Gasteiger partial charge in [-0.2, -0.15) is 5.26 Å². The van der Waals surface area contributed by atoms with Crippen LogP contribution in [0.15, 0.2) is 36.5 Å². The predicted octanol–water partition coefficient (Wildman–Crippen LogP) is 0.939. The first kappa shape index (κ1) is 12.7. The molecule has 1 aromatic heterocycles. The van der Waals surface area contributed by atoms with E-state index in [0.29, 0.717) is 12.2 Å². The Morgan fingerprint density at radius 3 is 2.95 bits per heavy atom. The Hall–Kier alpha value is -2.36. The van der Waals surface area contributed by atoms with E-state index in [1.165, 1.54) is 0 Å². The minimum atomic E-state index is -0.822. The van der Waals surface area contributed by atoms with Gasteiger partial charge in [-0.3, -0.25) is 0 Å². The van der Waals surface area contributed by atoms with E-state index in [9.17, 15) is 5.02 Å². The average Bonchev–Trinajstić information content (AvgIpc) is 2.87. The van der Waals surface area contributed by atoms with Crippen LogP contribution in [0.5, 0.6) is 0 Å². The molecule has 0 saturated carbocycles. The van der Waals surface area contributed by atoms with E-state index in [-0.39, 0.29) is 0 Å². The number of fused-ring (bicyclic) bond motifs is 1. The van der Waals surface area contributed by atoms with Crippen LogP contribution in [-0.2, 0) is 11.3 Å². The minimum absolute atomic E-state index is 0.416. The predicted molar refractivity (Wildman–Crippen MR) is 75.9 cm³/mol. The summed E-state index contributed by atoms with van der Waals surface area (Å²) < 4.78 is 5.18. The first-order chi connectivity index (χ1) is 9.69. The molecule has 20 heavy (non-hydrogen) atoms. The van der Waals surface area contributed by atoms with Crippen LogP contribution >= 0.6 is 0 Å². The lowest BCUT2D eigenvalue weighted by Crippen LogP contribution is -2.28. The second-order valence-corrected chi connectivity index (χ2v) is 4.62. The van der Waals surface area contributed by atoms with E-state index in [4.69, 9.17) is 9.92 Å². The second kappa shape index (κ2) is 4.97.